The summed E-state index contributed by atoms with van der Waals surface area (Å²) in [5.41, 5.74) is 0. The fourth-order valence-electron chi connectivity index (χ4n) is 1.17. The molecule has 2 rings (SSSR count). The molecule has 0 N–H and O–H groups in total. The molecular formula is C11H10S2. The van der Waals surface area contributed by atoms with Crippen molar-refractivity contribution in [3.05, 3.63) is 43.0 Å². The van der Waals surface area contributed by atoms with Crippen molar-refractivity contribution in [3.8, 4) is 0 Å². The predicted octanol–water partition coefficient (Wildman–Crippen LogP) is 4.18. The second-order valence-electron chi connectivity index (χ2n) is 2.70. The Morgan fingerprint density at radius 2 is 2.23 bits per heavy atom. The normalized spacial score (nSPS) is 10.5. The first-order valence-electron chi connectivity index (χ1n) is 4.12. The van der Waals surface area contributed by atoms with E-state index in [1.165, 1.54) is 14.3 Å². The number of hydrogen-bond acceptors (Lipinski definition) is 2. The molecule has 1 heterocycles. The smallest absolute Gasteiger partial charge is 0.0614 e. The number of thiophene rings is 1. The molecular weight excluding hydrogens is 196 g/mol. The first-order valence-corrected chi connectivity index (χ1v) is 5.92. The summed E-state index contributed by atoms with van der Waals surface area (Å²) < 4.78 is 2.75. The summed E-state index contributed by atoms with van der Waals surface area (Å²) in [6.07, 6.45) is 1.94. The minimum absolute atomic E-state index is 0.993. The van der Waals surface area contributed by atoms with E-state index in [1.54, 1.807) is 0 Å². The number of rotatable bonds is 3. The van der Waals surface area contributed by atoms with E-state index in [0.717, 1.165) is 5.75 Å². The molecule has 0 aliphatic rings. The van der Waals surface area contributed by atoms with Gasteiger partial charge in [0.15, 0.2) is 0 Å². The molecule has 2 heteroatoms. The molecule has 0 aliphatic carbocycles. The van der Waals surface area contributed by atoms with Gasteiger partial charge in [-0.05, 0) is 17.5 Å². The topological polar surface area (TPSA) is 0 Å². The quantitative estimate of drug-likeness (QED) is 0.536. The third-order valence-corrected chi connectivity index (χ3v) is 4.07. The van der Waals surface area contributed by atoms with Gasteiger partial charge in [0.2, 0.25) is 0 Å². The van der Waals surface area contributed by atoms with Gasteiger partial charge in [0, 0.05) is 10.5 Å². The lowest BCUT2D eigenvalue weighted by Gasteiger charge is -1.88. The van der Waals surface area contributed by atoms with E-state index in [2.05, 4.69) is 36.9 Å². The molecule has 0 nitrogen and oxygen atoms in total. The van der Waals surface area contributed by atoms with E-state index in [0.29, 0.717) is 0 Å². The number of hydrogen-bond donors (Lipinski definition) is 0. The lowest BCUT2D eigenvalue weighted by atomic mass is 10.3. The van der Waals surface area contributed by atoms with Gasteiger partial charge in [-0.1, -0.05) is 24.3 Å². The van der Waals surface area contributed by atoms with E-state index < -0.39 is 0 Å². The highest BCUT2D eigenvalue weighted by Gasteiger charge is 1.99. The van der Waals surface area contributed by atoms with Crippen LogP contribution in [0, 0.1) is 0 Å². The Labute approximate surface area is 86.3 Å². The third kappa shape index (κ3) is 1.95. The summed E-state index contributed by atoms with van der Waals surface area (Å²) in [7, 11) is 0. The van der Waals surface area contributed by atoms with Crippen LogP contribution in [0.3, 0.4) is 0 Å². The molecule has 13 heavy (non-hydrogen) atoms. The molecule has 66 valence electrons. The molecule has 0 bridgehead atoms. The van der Waals surface area contributed by atoms with Gasteiger partial charge >= 0.3 is 0 Å². The molecule has 0 saturated heterocycles. The van der Waals surface area contributed by atoms with Crippen molar-refractivity contribution in [2.75, 3.05) is 5.75 Å². The Bertz CT molecular complexity index is 382. The van der Waals surface area contributed by atoms with Gasteiger partial charge in [0.05, 0.1) is 4.21 Å². The van der Waals surface area contributed by atoms with Gasteiger partial charge in [-0.25, -0.2) is 0 Å². The molecule has 1 aromatic heterocycles. The zero-order valence-electron chi connectivity index (χ0n) is 7.19. The maximum atomic E-state index is 3.71. The van der Waals surface area contributed by atoms with Crippen molar-refractivity contribution < 1.29 is 0 Å². The zero-order valence-corrected chi connectivity index (χ0v) is 8.83. The highest BCUT2D eigenvalue weighted by Crippen LogP contribution is 2.32. The molecule has 0 aliphatic heterocycles. The minimum Gasteiger partial charge on any atom is -0.129 e. The SMILES string of the molecule is C=CCSc1cc2ccccc2s1. The average molecular weight is 206 g/mol. The molecule has 0 unspecified atom stereocenters. The molecule has 0 amide bonds. The summed E-state index contributed by atoms with van der Waals surface area (Å²) in [5.74, 6) is 0.993. The molecule has 1 aromatic carbocycles. The van der Waals surface area contributed by atoms with E-state index in [-0.39, 0.29) is 0 Å². The van der Waals surface area contributed by atoms with Gasteiger partial charge in [0.25, 0.3) is 0 Å². The lowest BCUT2D eigenvalue weighted by Crippen LogP contribution is -1.63. The first-order chi connectivity index (χ1) is 6.40. The van der Waals surface area contributed by atoms with Crippen LogP contribution in [0.2, 0.25) is 0 Å². The van der Waals surface area contributed by atoms with E-state index in [9.17, 15) is 0 Å². The van der Waals surface area contributed by atoms with E-state index >= 15 is 0 Å². The largest absolute Gasteiger partial charge is 0.129 e. The minimum atomic E-state index is 0.993. The number of fused-ring (bicyclic) bond motifs is 1. The molecule has 0 fully saturated rings. The lowest BCUT2D eigenvalue weighted by molar-refractivity contribution is 1.71. The summed E-state index contributed by atoms with van der Waals surface area (Å²) >= 11 is 3.70. The van der Waals surface area contributed by atoms with Crippen molar-refractivity contribution in [3.63, 3.8) is 0 Å². The Hall–Kier alpha value is -0.730. The van der Waals surface area contributed by atoms with Gasteiger partial charge in [-0.15, -0.1) is 29.7 Å². The van der Waals surface area contributed by atoms with Crippen molar-refractivity contribution in [1.82, 2.24) is 0 Å². The van der Waals surface area contributed by atoms with Gasteiger partial charge in [-0.2, -0.15) is 0 Å². The van der Waals surface area contributed by atoms with Crippen LogP contribution in [0.1, 0.15) is 0 Å². The number of benzene rings is 1. The second kappa shape index (κ2) is 3.99. The number of thioether (sulfide) groups is 1. The standard InChI is InChI=1S/C11H10S2/c1-2-7-12-11-8-9-5-3-4-6-10(9)13-11/h2-6,8H,1,7H2. The van der Waals surface area contributed by atoms with Crippen LogP contribution in [0.5, 0.6) is 0 Å². The van der Waals surface area contributed by atoms with Crippen molar-refractivity contribution in [2.24, 2.45) is 0 Å². The van der Waals surface area contributed by atoms with Crippen LogP contribution in [0.15, 0.2) is 47.2 Å². The first kappa shape index (κ1) is 8.85. The van der Waals surface area contributed by atoms with Crippen LogP contribution >= 0.6 is 23.1 Å². The second-order valence-corrected chi connectivity index (χ2v) is 5.11. The Kier molecular flexibility index (Phi) is 2.71. The van der Waals surface area contributed by atoms with Crippen LogP contribution in [-0.4, -0.2) is 5.75 Å². The maximum absolute atomic E-state index is 3.71. The van der Waals surface area contributed by atoms with Crippen molar-refractivity contribution >= 4 is 33.2 Å². The van der Waals surface area contributed by atoms with Crippen LogP contribution in [0.25, 0.3) is 10.1 Å². The summed E-state index contributed by atoms with van der Waals surface area (Å²) in [4.78, 5) is 0. The van der Waals surface area contributed by atoms with Crippen LogP contribution in [0.4, 0.5) is 0 Å². The summed E-state index contributed by atoms with van der Waals surface area (Å²) in [5, 5.41) is 1.35. The summed E-state index contributed by atoms with van der Waals surface area (Å²) in [6.45, 7) is 3.71. The average Bonchev–Trinajstić information content (AvgIpc) is 2.57. The molecule has 0 saturated carbocycles. The fraction of sp³-hybridized carbons (Fsp3) is 0.0909. The van der Waals surface area contributed by atoms with Gasteiger partial charge < -0.3 is 0 Å². The molecule has 0 atom stereocenters. The Morgan fingerprint density at radius 3 is 3.00 bits per heavy atom. The molecule has 2 aromatic rings. The zero-order chi connectivity index (χ0) is 9.10. The van der Waals surface area contributed by atoms with Gasteiger partial charge in [-0.3, -0.25) is 0 Å². The van der Waals surface area contributed by atoms with E-state index in [4.69, 9.17) is 0 Å². The van der Waals surface area contributed by atoms with Gasteiger partial charge in [0.1, 0.15) is 0 Å². The van der Waals surface area contributed by atoms with E-state index in [1.807, 2.05) is 29.2 Å². The van der Waals surface area contributed by atoms with Crippen molar-refractivity contribution in [1.29, 1.82) is 0 Å². The van der Waals surface area contributed by atoms with Crippen LogP contribution in [-0.2, 0) is 0 Å². The fourth-order valence-corrected chi connectivity index (χ4v) is 3.17. The predicted molar refractivity (Wildman–Crippen MR) is 62.7 cm³/mol. The maximum Gasteiger partial charge on any atom is 0.0614 e. The van der Waals surface area contributed by atoms with Crippen molar-refractivity contribution in [2.45, 2.75) is 4.21 Å². The third-order valence-electron chi connectivity index (χ3n) is 1.75. The highest BCUT2D eigenvalue weighted by molar-refractivity contribution is 8.01. The molecule has 0 radical (unpaired) electrons. The Balaban J connectivity index is 2.32. The monoisotopic (exact) mass is 206 g/mol. The Morgan fingerprint density at radius 1 is 1.38 bits per heavy atom. The highest BCUT2D eigenvalue weighted by atomic mass is 32.2. The van der Waals surface area contributed by atoms with Crippen LogP contribution < -0.4 is 0 Å². The molecule has 0 spiro atoms. The summed E-state index contributed by atoms with van der Waals surface area (Å²) in [6, 6.07) is 10.7.